The second-order valence-electron chi connectivity index (χ2n) is 6.64. The van der Waals surface area contributed by atoms with Gasteiger partial charge in [-0.05, 0) is 29.9 Å². The minimum Gasteiger partial charge on any atom is -0.464 e. The predicted molar refractivity (Wildman–Crippen MR) is 72.4 cm³/mol. The van der Waals surface area contributed by atoms with E-state index in [9.17, 15) is 5.11 Å². The summed E-state index contributed by atoms with van der Waals surface area (Å²) in [6, 6.07) is 4.13. The molecule has 0 radical (unpaired) electrons. The zero-order chi connectivity index (χ0) is 13.3. The number of aliphatic hydroxyl groups is 1. The molecule has 0 aromatic carbocycles. The minimum absolute atomic E-state index is 0.0786. The van der Waals surface area contributed by atoms with Gasteiger partial charge in [0.25, 0.3) is 0 Å². The molecule has 2 N–H and O–H groups in total. The van der Waals surface area contributed by atoms with Crippen LogP contribution in [-0.2, 0) is 6.54 Å². The van der Waals surface area contributed by atoms with Gasteiger partial charge in [-0.1, -0.05) is 27.7 Å². The van der Waals surface area contributed by atoms with E-state index in [1.165, 1.54) is 6.42 Å². The molecule has 3 atom stereocenters. The molecule has 1 fully saturated rings. The zero-order valence-electron chi connectivity index (χ0n) is 11.9. The molecule has 0 amide bonds. The monoisotopic (exact) mass is 251 g/mol. The van der Waals surface area contributed by atoms with Crippen LogP contribution in [0.3, 0.4) is 0 Å². The van der Waals surface area contributed by atoms with Crippen molar-refractivity contribution in [2.24, 2.45) is 11.3 Å². The van der Waals surface area contributed by atoms with Gasteiger partial charge in [-0.3, -0.25) is 0 Å². The molecule has 0 bridgehead atoms. The molecule has 1 aromatic heterocycles. The minimum atomic E-state index is -0.338. The smallest absolute Gasteiger partial charge is 0.117 e. The maximum absolute atomic E-state index is 9.91. The largest absolute Gasteiger partial charge is 0.464 e. The third kappa shape index (κ3) is 3.36. The molecule has 0 aliphatic heterocycles. The van der Waals surface area contributed by atoms with E-state index in [-0.39, 0.29) is 11.5 Å². The number of furan rings is 1. The molecule has 1 saturated carbocycles. The third-order valence-electron chi connectivity index (χ3n) is 3.79. The van der Waals surface area contributed by atoms with Crippen LogP contribution in [0.1, 0.15) is 51.6 Å². The lowest BCUT2D eigenvalue weighted by Gasteiger charge is -2.25. The van der Waals surface area contributed by atoms with Gasteiger partial charge in [-0.2, -0.15) is 0 Å². The first-order valence-corrected chi connectivity index (χ1v) is 6.85. The van der Waals surface area contributed by atoms with E-state index in [1.807, 2.05) is 26.8 Å². The van der Waals surface area contributed by atoms with E-state index in [1.54, 1.807) is 0 Å². The highest BCUT2D eigenvalue weighted by Crippen LogP contribution is 2.47. The van der Waals surface area contributed by atoms with Crippen LogP contribution >= 0.6 is 0 Å². The Morgan fingerprint density at radius 2 is 2.11 bits per heavy atom. The zero-order valence-corrected chi connectivity index (χ0v) is 11.9. The SMILES string of the molecule is CC1CC1c1ccc(CNCC(O)C(C)(C)C)o1. The highest BCUT2D eigenvalue weighted by Gasteiger charge is 2.36. The summed E-state index contributed by atoms with van der Waals surface area (Å²) in [4.78, 5) is 0. The third-order valence-corrected chi connectivity index (χ3v) is 3.79. The maximum Gasteiger partial charge on any atom is 0.117 e. The summed E-state index contributed by atoms with van der Waals surface area (Å²) in [7, 11) is 0. The number of rotatable bonds is 5. The van der Waals surface area contributed by atoms with Crippen molar-refractivity contribution in [1.29, 1.82) is 0 Å². The van der Waals surface area contributed by atoms with Crippen LogP contribution in [0.2, 0.25) is 0 Å². The van der Waals surface area contributed by atoms with Crippen molar-refractivity contribution in [2.45, 2.75) is 52.7 Å². The molecule has 1 heterocycles. The Hall–Kier alpha value is -0.800. The topological polar surface area (TPSA) is 45.4 Å². The Labute approximate surface area is 110 Å². The van der Waals surface area contributed by atoms with Gasteiger partial charge in [-0.15, -0.1) is 0 Å². The van der Waals surface area contributed by atoms with E-state index >= 15 is 0 Å². The fourth-order valence-corrected chi connectivity index (χ4v) is 2.05. The van der Waals surface area contributed by atoms with Crippen molar-refractivity contribution in [3.05, 3.63) is 23.7 Å². The standard InChI is InChI=1S/C15H25NO2/c1-10-7-12(10)13-6-5-11(18-13)8-16-9-14(17)15(2,3)4/h5-6,10,12,14,16-17H,7-9H2,1-4H3. The van der Waals surface area contributed by atoms with Crippen molar-refractivity contribution in [2.75, 3.05) is 6.54 Å². The van der Waals surface area contributed by atoms with E-state index < -0.39 is 0 Å². The quantitative estimate of drug-likeness (QED) is 0.846. The molecule has 0 saturated heterocycles. The molecule has 18 heavy (non-hydrogen) atoms. The van der Waals surface area contributed by atoms with E-state index in [0.717, 1.165) is 17.4 Å². The highest BCUT2D eigenvalue weighted by atomic mass is 16.3. The van der Waals surface area contributed by atoms with E-state index in [0.29, 0.717) is 19.0 Å². The van der Waals surface area contributed by atoms with Crippen LogP contribution in [0.15, 0.2) is 16.5 Å². The van der Waals surface area contributed by atoms with Crippen molar-refractivity contribution in [1.82, 2.24) is 5.32 Å². The highest BCUT2D eigenvalue weighted by molar-refractivity contribution is 5.17. The van der Waals surface area contributed by atoms with E-state index in [4.69, 9.17) is 4.42 Å². The molecule has 2 rings (SSSR count). The second kappa shape index (κ2) is 5.06. The molecular weight excluding hydrogens is 226 g/mol. The Balaban J connectivity index is 1.75. The first-order valence-electron chi connectivity index (χ1n) is 6.85. The predicted octanol–water partition coefficient (Wildman–Crippen LogP) is 2.90. The molecule has 3 nitrogen and oxygen atoms in total. The van der Waals surface area contributed by atoms with E-state index in [2.05, 4.69) is 18.3 Å². The van der Waals surface area contributed by atoms with Gasteiger partial charge in [0.05, 0.1) is 12.6 Å². The summed E-state index contributed by atoms with van der Waals surface area (Å²) >= 11 is 0. The molecule has 1 aromatic rings. The first kappa shape index (κ1) is 13.6. The van der Waals surface area contributed by atoms with Crippen molar-refractivity contribution < 1.29 is 9.52 Å². The molecule has 3 heteroatoms. The Kier molecular flexibility index (Phi) is 3.83. The molecular formula is C15H25NO2. The van der Waals surface area contributed by atoms with Gasteiger partial charge in [0, 0.05) is 12.5 Å². The summed E-state index contributed by atoms with van der Waals surface area (Å²) in [5, 5.41) is 13.2. The summed E-state index contributed by atoms with van der Waals surface area (Å²) in [5.74, 6) is 3.50. The average Bonchev–Trinajstić information content (AvgIpc) is 2.82. The van der Waals surface area contributed by atoms with Crippen LogP contribution in [0, 0.1) is 11.3 Å². The molecule has 0 spiro atoms. The van der Waals surface area contributed by atoms with Gasteiger partial charge in [-0.25, -0.2) is 0 Å². The first-order chi connectivity index (χ1) is 8.38. The molecule has 1 aliphatic rings. The summed E-state index contributed by atoms with van der Waals surface area (Å²) < 4.78 is 5.80. The van der Waals surface area contributed by atoms with Crippen LogP contribution in [-0.4, -0.2) is 17.8 Å². The Bertz CT molecular complexity index is 391. The molecule has 3 unspecified atom stereocenters. The molecule has 102 valence electrons. The summed E-state index contributed by atoms with van der Waals surface area (Å²) in [5.41, 5.74) is -0.0786. The number of nitrogens with one attached hydrogen (secondary N) is 1. The van der Waals surface area contributed by atoms with Crippen LogP contribution in [0.25, 0.3) is 0 Å². The van der Waals surface area contributed by atoms with Gasteiger partial charge in [0.1, 0.15) is 11.5 Å². The Morgan fingerprint density at radius 3 is 2.67 bits per heavy atom. The lowest BCUT2D eigenvalue weighted by Crippen LogP contribution is -2.36. The van der Waals surface area contributed by atoms with Gasteiger partial charge >= 0.3 is 0 Å². The van der Waals surface area contributed by atoms with Gasteiger partial charge in [0.15, 0.2) is 0 Å². The number of hydrogen-bond donors (Lipinski definition) is 2. The van der Waals surface area contributed by atoms with Crippen LogP contribution < -0.4 is 5.32 Å². The maximum atomic E-state index is 9.91. The van der Waals surface area contributed by atoms with Crippen LogP contribution in [0.5, 0.6) is 0 Å². The summed E-state index contributed by atoms with van der Waals surface area (Å²) in [6.45, 7) is 9.66. The molecule has 1 aliphatic carbocycles. The van der Waals surface area contributed by atoms with Gasteiger partial charge < -0.3 is 14.8 Å². The Morgan fingerprint density at radius 1 is 1.44 bits per heavy atom. The van der Waals surface area contributed by atoms with Gasteiger partial charge in [0.2, 0.25) is 0 Å². The second-order valence-corrected chi connectivity index (χ2v) is 6.64. The lowest BCUT2D eigenvalue weighted by molar-refractivity contribution is 0.0623. The lowest BCUT2D eigenvalue weighted by atomic mass is 9.89. The van der Waals surface area contributed by atoms with Crippen LogP contribution in [0.4, 0.5) is 0 Å². The van der Waals surface area contributed by atoms with Crippen molar-refractivity contribution >= 4 is 0 Å². The number of hydrogen-bond acceptors (Lipinski definition) is 3. The van der Waals surface area contributed by atoms with Crippen molar-refractivity contribution in [3.8, 4) is 0 Å². The number of aliphatic hydroxyl groups excluding tert-OH is 1. The fourth-order valence-electron chi connectivity index (χ4n) is 2.05. The van der Waals surface area contributed by atoms with Crippen molar-refractivity contribution in [3.63, 3.8) is 0 Å². The average molecular weight is 251 g/mol. The summed E-state index contributed by atoms with van der Waals surface area (Å²) in [6.07, 6.45) is 0.915. The normalized spacial score (nSPS) is 25.2. The fraction of sp³-hybridized carbons (Fsp3) is 0.733.